The van der Waals surface area contributed by atoms with Gasteiger partial charge in [-0.25, -0.2) is 4.99 Å². The smallest absolute Gasteiger partial charge is 0.191 e. The Balaban J connectivity index is 2.00. The summed E-state index contributed by atoms with van der Waals surface area (Å²) in [6.07, 6.45) is 4.80. The van der Waals surface area contributed by atoms with Crippen LogP contribution in [-0.4, -0.2) is 33.9 Å². The van der Waals surface area contributed by atoms with Crippen LogP contribution in [0.5, 0.6) is 5.75 Å². The molecule has 0 saturated carbocycles. The molecule has 7 heteroatoms. The van der Waals surface area contributed by atoms with Gasteiger partial charge < -0.3 is 19.9 Å². The Morgan fingerprint density at radius 1 is 1.10 bits per heavy atom. The van der Waals surface area contributed by atoms with Gasteiger partial charge in [-0.15, -0.1) is 10.2 Å². The molecule has 0 aliphatic rings. The largest absolute Gasteiger partial charge is 0.493 e. The summed E-state index contributed by atoms with van der Waals surface area (Å²) in [4.78, 5) is 4.74. The molecule has 0 spiro atoms. The molecule has 0 amide bonds. The third-order valence-corrected chi connectivity index (χ3v) is 4.83. The van der Waals surface area contributed by atoms with Crippen molar-refractivity contribution in [1.29, 1.82) is 0 Å². The molecule has 0 aliphatic carbocycles. The van der Waals surface area contributed by atoms with Crippen LogP contribution in [0, 0.1) is 13.8 Å². The van der Waals surface area contributed by atoms with Crippen molar-refractivity contribution in [2.45, 2.75) is 66.5 Å². The number of nitrogens with one attached hydrogen (secondary N) is 2. The van der Waals surface area contributed by atoms with Crippen molar-refractivity contribution in [3.8, 4) is 5.75 Å². The summed E-state index contributed by atoms with van der Waals surface area (Å²) in [7, 11) is 1.97. The molecule has 0 aliphatic heterocycles. The van der Waals surface area contributed by atoms with Gasteiger partial charge in [0, 0.05) is 19.2 Å². The number of rotatable bonds is 11. The van der Waals surface area contributed by atoms with E-state index in [1.165, 1.54) is 24.8 Å². The molecule has 7 nitrogen and oxygen atoms in total. The molecule has 2 aromatic rings. The molecule has 2 N–H and O–H groups in total. The van der Waals surface area contributed by atoms with Crippen LogP contribution in [-0.2, 0) is 20.1 Å². The molecule has 0 saturated heterocycles. The van der Waals surface area contributed by atoms with Gasteiger partial charge in [0.15, 0.2) is 11.8 Å². The minimum atomic E-state index is 0.553. The number of nitrogens with zero attached hydrogens (tertiary/aromatic N) is 4. The zero-order valence-corrected chi connectivity index (χ0v) is 18.6. The van der Waals surface area contributed by atoms with Crippen LogP contribution < -0.4 is 15.4 Å². The Morgan fingerprint density at radius 3 is 2.62 bits per heavy atom. The fourth-order valence-electron chi connectivity index (χ4n) is 2.91. The van der Waals surface area contributed by atoms with Crippen molar-refractivity contribution in [2.24, 2.45) is 12.0 Å². The minimum absolute atomic E-state index is 0.553. The van der Waals surface area contributed by atoms with Gasteiger partial charge in [0.25, 0.3) is 0 Å². The van der Waals surface area contributed by atoms with Crippen molar-refractivity contribution in [2.75, 3.05) is 13.2 Å². The van der Waals surface area contributed by atoms with Crippen LogP contribution in [0.4, 0.5) is 0 Å². The van der Waals surface area contributed by atoms with Gasteiger partial charge in [0.2, 0.25) is 0 Å². The third kappa shape index (κ3) is 7.40. The summed E-state index contributed by atoms with van der Waals surface area (Å²) in [6.45, 7) is 11.0. The Morgan fingerprint density at radius 2 is 1.93 bits per heavy atom. The van der Waals surface area contributed by atoms with Gasteiger partial charge in [-0.1, -0.05) is 38.3 Å². The van der Waals surface area contributed by atoms with Crippen LogP contribution in [0.15, 0.2) is 23.2 Å². The molecule has 0 fully saturated rings. The second kappa shape index (κ2) is 12.1. The lowest BCUT2D eigenvalue weighted by Gasteiger charge is -2.13. The molecule has 0 radical (unpaired) electrons. The molecule has 0 bridgehead atoms. The van der Waals surface area contributed by atoms with Crippen molar-refractivity contribution < 1.29 is 4.74 Å². The van der Waals surface area contributed by atoms with Crippen LogP contribution >= 0.6 is 0 Å². The SMILES string of the molecule is CCCCCCOc1cc(C)ccc1CN=C(NCC)NCc1nnc(C)n1C. The fraction of sp³-hybridized carbons (Fsp3) is 0.591. The topological polar surface area (TPSA) is 76.4 Å². The lowest BCUT2D eigenvalue weighted by atomic mass is 10.1. The fourth-order valence-corrected chi connectivity index (χ4v) is 2.91. The van der Waals surface area contributed by atoms with Crippen LogP contribution in [0.3, 0.4) is 0 Å². The third-order valence-electron chi connectivity index (χ3n) is 4.83. The molecular weight excluding hydrogens is 364 g/mol. The van der Waals surface area contributed by atoms with Crippen LogP contribution in [0.1, 0.15) is 62.3 Å². The maximum absolute atomic E-state index is 6.07. The summed E-state index contributed by atoms with van der Waals surface area (Å²) in [5.74, 6) is 3.45. The highest BCUT2D eigenvalue weighted by molar-refractivity contribution is 5.79. The molecule has 1 aromatic carbocycles. The van der Waals surface area contributed by atoms with Crippen molar-refractivity contribution >= 4 is 5.96 Å². The van der Waals surface area contributed by atoms with Gasteiger partial charge in [0.1, 0.15) is 11.6 Å². The molecule has 160 valence electrons. The predicted molar refractivity (Wildman–Crippen MR) is 118 cm³/mol. The second-order valence-electron chi connectivity index (χ2n) is 7.29. The van der Waals surface area contributed by atoms with Crippen LogP contribution in [0.2, 0.25) is 0 Å². The summed E-state index contributed by atoms with van der Waals surface area (Å²) in [5.41, 5.74) is 2.29. The molecule has 0 unspecified atom stereocenters. The lowest BCUT2D eigenvalue weighted by molar-refractivity contribution is 0.302. The molecular formula is C22H36N6O. The van der Waals surface area contributed by atoms with Crippen molar-refractivity contribution in [3.63, 3.8) is 0 Å². The zero-order chi connectivity index (χ0) is 21.1. The number of guanidine groups is 1. The number of hydrogen-bond donors (Lipinski definition) is 2. The van der Waals surface area contributed by atoms with E-state index in [-0.39, 0.29) is 0 Å². The number of benzene rings is 1. The first-order chi connectivity index (χ1) is 14.0. The number of aryl methyl sites for hydroxylation is 2. The van der Waals surface area contributed by atoms with E-state index in [0.717, 1.165) is 48.5 Å². The van der Waals surface area contributed by atoms with E-state index in [9.17, 15) is 0 Å². The summed E-state index contributed by atoms with van der Waals surface area (Å²) >= 11 is 0. The highest BCUT2D eigenvalue weighted by atomic mass is 16.5. The Bertz CT molecular complexity index is 784. The highest BCUT2D eigenvalue weighted by Gasteiger charge is 2.08. The van der Waals surface area contributed by atoms with E-state index >= 15 is 0 Å². The number of ether oxygens (including phenoxy) is 1. The second-order valence-corrected chi connectivity index (χ2v) is 7.29. The van der Waals surface area contributed by atoms with Gasteiger partial charge in [-0.05, 0) is 38.8 Å². The van der Waals surface area contributed by atoms with Crippen molar-refractivity contribution in [1.82, 2.24) is 25.4 Å². The summed E-state index contributed by atoms with van der Waals surface area (Å²) in [5, 5.41) is 14.9. The molecule has 1 heterocycles. The molecule has 2 rings (SSSR count). The molecule has 0 atom stereocenters. The van der Waals surface area contributed by atoms with Crippen molar-refractivity contribution in [3.05, 3.63) is 41.0 Å². The Kier molecular flexibility index (Phi) is 9.47. The first kappa shape index (κ1) is 22.7. The lowest BCUT2D eigenvalue weighted by Crippen LogP contribution is -2.37. The van der Waals surface area contributed by atoms with E-state index in [1.54, 1.807) is 0 Å². The Labute approximate surface area is 175 Å². The first-order valence-electron chi connectivity index (χ1n) is 10.6. The van der Waals surface area contributed by atoms with E-state index in [4.69, 9.17) is 9.73 Å². The van der Waals surface area contributed by atoms with E-state index in [1.807, 2.05) is 18.5 Å². The number of aliphatic imine (C=N–C) groups is 1. The number of hydrogen-bond acceptors (Lipinski definition) is 4. The minimum Gasteiger partial charge on any atom is -0.493 e. The monoisotopic (exact) mass is 400 g/mol. The first-order valence-corrected chi connectivity index (χ1v) is 10.6. The van der Waals surface area contributed by atoms with Crippen LogP contribution in [0.25, 0.3) is 0 Å². The average Bonchev–Trinajstić information content (AvgIpc) is 3.03. The quantitative estimate of drug-likeness (QED) is 0.342. The summed E-state index contributed by atoms with van der Waals surface area (Å²) in [6, 6.07) is 6.32. The van der Waals surface area contributed by atoms with E-state index in [0.29, 0.717) is 13.1 Å². The highest BCUT2D eigenvalue weighted by Crippen LogP contribution is 2.22. The van der Waals surface area contributed by atoms with E-state index < -0.39 is 0 Å². The van der Waals surface area contributed by atoms with Gasteiger partial charge >= 0.3 is 0 Å². The van der Waals surface area contributed by atoms with Gasteiger partial charge in [-0.2, -0.15) is 0 Å². The molecule has 1 aromatic heterocycles. The average molecular weight is 401 g/mol. The normalized spacial score (nSPS) is 11.6. The summed E-state index contributed by atoms with van der Waals surface area (Å²) < 4.78 is 8.05. The van der Waals surface area contributed by atoms with Gasteiger partial charge in [0.05, 0.1) is 19.7 Å². The number of unbranched alkanes of at least 4 members (excludes halogenated alkanes) is 3. The zero-order valence-electron chi connectivity index (χ0n) is 18.6. The standard InChI is InChI=1S/C22H36N6O/c1-6-8-9-10-13-29-20-14-17(3)11-12-19(20)15-24-22(23-7-2)25-16-21-27-26-18(4)28(21)5/h11-12,14H,6-10,13,15-16H2,1-5H3,(H2,23,24,25). The van der Waals surface area contributed by atoms with E-state index in [2.05, 4.69) is 59.8 Å². The van der Waals surface area contributed by atoms with Gasteiger partial charge in [-0.3, -0.25) is 0 Å². The molecule has 29 heavy (non-hydrogen) atoms. The Hall–Kier alpha value is -2.57. The maximum Gasteiger partial charge on any atom is 0.191 e. The predicted octanol–water partition coefficient (Wildman–Crippen LogP) is 3.65. The maximum atomic E-state index is 6.07. The number of aromatic nitrogens is 3.